The van der Waals surface area contributed by atoms with Crippen LogP contribution in [-0.4, -0.2) is 24.5 Å². The Kier molecular flexibility index (Phi) is 7.48. The Morgan fingerprint density at radius 1 is 1.19 bits per heavy atom. The van der Waals surface area contributed by atoms with Gasteiger partial charge in [-0.05, 0) is 65.7 Å². The van der Waals surface area contributed by atoms with E-state index < -0.39 is 6.10 Å². The van der Waals surface area contributed by atoms with Crippen LogP contribution in [0.2, 0.25) is 5.02 Å². The number of nitrogens with one attached hydrogen (secondary N) is 2. The van der Waals surface area contributed by atoms with Crippen LogP contribution in [0.4, 0.5) is 0 Å². The first-order valence-corrected chi connectivity index (χ1v) is 9.34. The van der Waals surface area contributed by atoms with Crippen molar-refractivity contribution in [2.45, 2.75) is 26.5 Å². The molecular weight excluding hydrogens is 420 g/mol. The average molecular weight is 440 g/mol. The van der Waals surface area contributed by atoms with Crippen LogP contribution < -0.4 is 15.4 Å². The molecular formula is C19H20BrClN2O3. The van der Waals surface area contributed by atoms with Gasteiger partial charge in [-0.1, -0.05) is 23.7 Å². The zero-order valence-corrected chi connectivity index (χ0v) is 16.9. The van der Waals surface area contributed by atoms with Crippen LogP contribution >= 0.6 is 27.5 Å². The first-order valence-electron chi connectivity index (χ1n) is 8.17. The lowest BCUT2D eigenvalue weighted by atomic mass is 10.1. The van der Waals surface area contributed by atoms with E-state index in [0.29, 0.717) is 33.9 Å². The van der Waals surface area contributed by atoms with E-state index in [0.717, 1.165) is 5.56 Å². The molecule has 0 aliphatic rings. The maximum atomic E-state index is 12.3. The molecule has 138 valence electrons. The second kappa shape index (κ2) is 9.59. The van der Waals surface area contributed by atoms with Gasteiger partial charge in [-0.3, -0.25) is 9.59 Å². The van der Waals surface area contributed by atoms with E-state index in [-0.39, 0.29) is 11.8 Å². The highest BCUT2D eigenvalue weighted by molar-refractivity contribution is 9.10. The third kappa shape index (κ3) is 5.75. The van der Waals surface area contributed by atoms with E-state index in [1.807, 2.05) is 13.0 Å². The van der Waals surface area contributed by atoms with Gasteiger partial charge in [0, 0.05) is 23.7 Å². The summed E-state index contributed by atoms with van der Waals surface area (Å²) >= 11 is 9.25. The molecule has 7 heteroatoms. The quantitative estimate of drug-likeness (QED) is 0.687. The smallest absolute Gasteiger partial charge is 0.261 e. The van der Waals surface area contributed by atoms with Crippen molar-refractivity contribution in [3.05, 3.63) is 63.1 Å². The second-order valence-corrected chi connectivity index (χ2v) is 6.90. The largest absolute Gasteiger partial charge is 0.480 e. The van der Waals surface area contributed by atoms with E-state index in [1.165, 1.54) is 0 Å². The highest BCUT2D eigenvalue weighted by atomic mass is 79.9. The van der Waals surface area contributed by atoms with E-state index in [1.54, 1.807) is 43.3 Å². The molecule has 0 radical (unpaired) electrons. The SMILES string of the molecule is CCNC(=O)c1cccc(CNC(=O)C(C)Oc2ccc(Cl)cc2Br)c1. The number of carbonyl (C=O) groups is 2. The van der Waals surface area contributed by atoms with Crippen LogP contribution in [0, 0.1) is 0 Å². The number of ether oxygens (including phenoxy) is 1. The van der Waals surface area contributed by atoms with E-state index in [2.05, 4.69) is 26.6 Å². The van der Waals surface area contributed by atoms with Crippen molar-refractivity contribution in [2.24, 2.45) is 0 Å². The van der Waals surface area contributed by atoms with Gasteiger partial charge < -0.3 is 15.4 Å². The molecule has 2 aromatic carbocycles. The summed E-state index contributed by atoms with van der Waals surface area (Å²) in [5, 5.41) is 6.14. The minimum atomic E-state index is -0.681. The second-order valence-electron chi connectivity index (χ2n) is 5.61. The number of benzene rings is 2. The van der Waals surface area contributed by atoms with Gasteiger partial charge in [0.05, 0.1) is 4.47 Å². The third-order valence-electron chi connectivity index (χ3n) is 3.56. The van der Waals surface area contributed by atoms with Crippen LogP contribution in [0.3, 0.4) is 0 Å². The monoisotopic (exact) mass is 438 g/mol. The van der Waals surface area contributed by atoms with Crippen molar-refractivity contribution in [3.8, 4) is 5.75 Å². The summed E-state index contributed by atoms with van der Waals surface area (Å²) in [4.78, 5) is 24.1. The molecule has 0 bridgehead atoms. The Bertz CT molecular complexity index is 798. The molecule has 2 N–H and O–H groups in total. The Hall–Kier alpha value is -2.05. The fourth-order valence-electron chi connectivity index (χ4n) is 2.23. The van der Waals surface area contributed by atoms with Gasteiger partial charge in [0.2, 0.25) is 0 Å². The molecule has 1 unspecified atom stereocenters. The lowest BCUT2D eigenvalue weighted by molar-refractivity contribution is -0.127. The first kappa shape index (κ1) is 20.3. The molecule has 0 aromatic heterocycles. The summed E-state index contributed by atoms with van der Waals surface area (Å²) < 4.78 is 6.34. The third-order valence-corrected chi connectivity index (χ3v) is 4.41. The molecule has 0 spiro atoms. The Balaban J connectivity index is 1.93. The predicted molar refractivity (Wildman–Crippen MR) is 106 cm³/mol. The number of hydrogen-bond acceptors (Lipinski definition) is 3. The number of halogens is 2. The highest BCUT2D eigenvalue weighted by Gasteiger charge is 2.16. The lowest BCUT2D eigenvalue weighted by Gasteiger charge is -2.16. The van der Waals surface area contributed by atoms with Gasteiger partial charge in [0.25, 0.3) is 11.8 Å². The van der Waals surface area contributed by atoms with Crippen molar-refractivity contribution < 1.29 is 14.3 Å². The number of amides is 2. The lowest BCUT2D eigenvalue weighted by Crippen LogP contribution is -2.36. The number of carbonyl (C=O) groups excluding carboxylic acids is 2. The van der Waals surface area contributed by atoms with Gasteiger partial charge >= 0.3 is 0 Å². The summed E-state index contributed by atoms with van der Waals surface area (Å²) in [6.45, 7) is 4.40. The maximum absolute atomic E-state index is 12.3. The first-order chi connectivity index (χ1) is 12.4. The molecule has 2 aromatic rings. The molecule has 0 heterocycles. The zero-order valence-electron chi connectivity index (χ0n) is 14.5. The zero-order chi connectivity index (χ0) is 19.1. The van der Waals surface area contributed by atoms with Crippen LogP contribution in [0.15, 0.2) is 46.9 Å². The van der Waals surface area contributed by atoms with E-state index in [4.69, 9.17) is 16.3 Å². The predicted octanol–water partition coefficient (Wildman–Crippen LogP) is 3.94. The molecule has 2 rings (SSSR count). The van der Waals surface area contributed by atoms with Gasteiger partial charge in [0.1, 0.15) is 5.75 Å². The topological polar surface area (TPSA) is 67.4 Å². The molecule has 2 amide bonds. The molecule has 0 aliphatic carbocycles. The molecule has 26 heavy (non-hydrogen) atoms. The molecule has 0 saturated carbocycles. The summed E-state index contributed by atoms with van der Waals surface area (Å²) in [5.74, 6) is 0.149. The average Bonchev–Trinajstić information content (AvgIpc) is 2.62. The van der Waals surface area contributed by atoms with Crippen molar-refractivity contribution >= 4 is 39.3 Å². The molecule has 0 fully saturated rings. The molecule has 5 nitrogen and oxygen atoms in total. The van der Waals surface area contributed by atoms with Gasteiger partial charge in [-0.2, -0.15) is 0 Å². The van der Waals surface area contributed by atoms with Crippen LogP contribution in [-0.2, 0) is 11.3 Å². The fraction of sp³-hybridized carbons (Fsp3) is 0.263. The maximum Gasteiger partial charge on any atom is 0.261 e. The number of rotatable bonds is 7. The minimum Gasteiger partial charge on any atom is -0.480 e. The Morgan fingerprint density at radius 3 is 2.65 bits per heavy atom. The van der Waals surface area contributed by atoms with Crippen LogP contribution in [0.25, 0.3) is 0 Å². The van der Waals surface area contributed by atoms with E-state index >= 15 is 0 Å². The van der Waals surface area contributed by atoms with Gasteiger partial charge in [-0.25, -0.2) is 0 Å². The minimum absolute atomic E-state index is 0.134. The summed E-state index contributed by atoms with van der Waals surface area (Å²) in [7, 11) is 0. The highest BCUT2D eigenvalue weighted by Crippen LogP contribution is 2.28. The van der Waals surface area contributed by atoms with Crippen molar-refractivity contribution in [3.63, 3.8) is 0 Å². The van der Waals surface area contributed by atoms with E-state index in [9.17, 15) is 9.59 Å². The van der Waals surface area contributed by atoms with Crippen molar-refractivity contribution in [1.82, 2.24) is 10.6 Å². The van der Waals surface area contributed by atoms with Crippen molar-refractivity contribution in [1.29, 1.82) is 0 Å². The van der Waals surface area contributed by atoms with Gasteiger partial charge in [-0.15, -0.1) is 0 Å². The van der Waals surface area contributed by atoms with Gasteiger partial charge in [0.15, 0.2) is 6.10 Å². The Labute approximate surface area is 166 Å². The molecule has 0 aliphatic heterocycles. The summed E-state index contributed by atoms with van der Waals surface area (Å²) in [6.07, 6.45) is -0.681. The standard InChI is InChI=1S/C19H20BrClN2O3/c1-3-22-19(25)14-6-4-5-13(9-14)11-23-18(24)12(2)26-17-8-7-15(21)10-16(17)20/h4-10,12H,3,11H2,1-2H3,(H,22,25)(H,23,24). The Morgan fingerprint density at radius 2 is 1.96 bits per heavy atom. The van der Waals surface area contributed by atoms with Crippen molar-refractivity contribution in [2.75, 3.05) is 6.54 Å². The molecule has 1 atom stereocenters. The fourth-order valence-corrected chi connectivity index (χ4v) is 3.01. The normalized spacial score (nSPS) is 11.5. The molecule has 0 saturated heterocycles. The summed E-state index contributed by atoms with van der Waals surface area (Å²) in [5.41, 5.74) is 1.40. The summed E-state index contributed by atoms with van der Waals surface area (Å²) in [6, 6.07) is 12.2. The van der Waals surface area contributed by atoms with Crippen LogP contribution in [0.1, 0.15) is 29.8 Å². The van der Waals surface area contributed by atoms with Crippen LogP contribution in [0.5, 0.6) is 5.75 Å². The number of hydrogen-bond donors (Lipinski definition) is 2.